The van der Waals surface area contributed by atoms with E-state index in [9.17, 15) is 9.18 Å². The van der Waals surface area contributed by atoms with Crippen molar-refractivity contribution >= 4 is 43.3 Å². The van der Waals surface area contributed by atoms with Gasteiger partial charge in [0.05, 0.1) is 4.47 Å². The van der Waals surface area contributed by atoms with Crippen LogP contribution in [0.1, 0.15) is 15.9 Å². The molecule has 92 valence electrons. The van der Waals surface area contributed by atoms with Crippen LogP contribution >= 0.6 is 31.9 Å². The average Bonchev–Trinajstić information content (AvgIpc) is 2.35. The third-order valence-corrected chi connectivity index (χ3v) is 3.77. The van der Waals surface area contributed by atoms with Crippen molar-refractivity contribution < 1.29 is 9.18 Å². The molecule has 18 heavy (non-hydrogen) atoms. The Balaban J connectivity index is 2.41. The van der Waals surface area contributed by atoms with Crippen LogP contribution in [-0.2, 0) is 0 Å². The molecule has 0 bridgehead atoms. The molecule has 0 aliphatic carbocycles. The van der Waals surface area contributed by atoms with Crippen LogP contribution in [-0.4, -0.2) is 5.78 Å². The number of nitrogens with two attached hydrogens (primary N) is 1. The first-order chi connectivity index (χ1) is 8.49. The van der Waals surface area contributed by atoms with Crippen LogP contribution < -0.4 is 5.73 Å². The molecular weight excluding hydrogens is 365 g/mol. The molecule has 0 heterocycles. The number of rotatable bonds is 2. The minimum atomic E-state index is -0.463. The molecule has 0 aromatic heterocycles. The first-order valence-electron chi connectivity index (χ1n) is 5.04. The Morgan fingerprint density at radius 2 is 1.61 bits per heavy atom. The Bertz CT molecular complexity index is 575. The van der Waals surface area contributed by atoms with Gasteiger partial charge in [-0.1, -0.05) is 0 Å². The zero-order valence-corrected chi connectivity index (χ0v) is 12.3. The van der Waals surface area contributed by atoms with Gasteiger partial charge in [0.15, 0.2) is 5.78 Å². The number of ketones is 1. The highest BCUT2D eigenvalue weighted by atomic mass is 79.9. The third-order valence-electron chi connectivity index (χ3n) is 2.44. The SMILES string of the molecule is Nc1ccc(C(=O)c2ccc(Br)c(F)c2)cc1Br. The summed E-state index contributed by atoms with van der Waals surface area (Å²) in [6.45, 7) is 0. The Morgan fingerprint density at radius 1 is 1.00 bits per heavy atom. The summed E-state index contributed by atoms with van der Waals surface area (Å²) in [4.78, 5) is 12.1. The molecule has 0 saturated heterocycles. The van der Waals surface area contributed by atoms with Gasteiger partial charge in [0.2, 0.25) is 0 Å². The van der Waals surface area contributed by atoms with Crippen molar-refractivity contribution in [2.45, 2.75) is 0 Å². The molecule has 0 unspecified atom stereocenters. The van der Waals surface area contributed by atoms with Gasteiger partial charge in [-0.2, -0.15) is 0 Å². The molecule has 0 atom stereocenters. The maximum absolute atomic E-state index is 13.4. The highest BCUT2D eigenvalue weighted by Crippen LogP contribution is 2.23. The van der Waals surface area contributed by atoms with Crippen LogP contribution in [0.15, 0.2) is 45.3 Å². The third kappa shape index (κ3) is 2.62. The molecule has 0 aliphatic heterocycles. The minimum Gasteiger partial charge on any atom is -0.398 e. The summed E-state index contributed by atoms with van der Waals surface area (Å²) >= 11 is 6.30. The normalized spacial score (nSPS) is 10.4. The summed E-state index contributed by atoms with van der Waals surface area (Å²) in [5.74, 6) is -0.711. The number of carbonyl (C=O) groups is 1. The first-order valence-corrected chi connectivity index (χ1v) is 6.62. The summed E-state index contributed by atoms with van der Waals surface area (Å²) in [5.41, 5.74) is 6.95. The summed E-state index contributed by atoms with van der Waals surface area (Å²) in [6.07, 6.45) is 0. The quantitative estimate of drug-likeness (QED) is 0.635. The van der Waals surface area contributed by atoms with E-state index in [0.717, 1.165) is 0 Å². The van der Waals surface area contributed by atoms with E-state index in [4.69, 9.17) is 5.73 Å². The topological polar surface area (TPSA) is 43.1 Å². The Morgan fingerprint density at radius 3 is 2.22 bits per heavy atom. The maximum Gasteiger partial charge on any atom is 0.193 e. The number of halogens is 3. The van der Waals surface area contributed by atoms with Crippen molar-refractivity contribution in [1.82, 2.24) is 0 Å². The van der Waals surface area contributed by atoms with E-state index >= 15 is 0 Å². The second-order valence-electron chi connectivity index (χ2n) is 3.69. The van der Waals surface area contributed by atoms with Crippen LogP contribution in [0.4, 0.5) is 10.1 Å². The monoisotopic (exact) mass is 371 g/mol. The Labute approximate surface area is 120 Å². The number of nitrogen functional groups attached to an aromatic ring is 1. The van der Waals surface area contributed by atoms with Gasteiger partial charge in [-0.25, -0.2) is 4.39 Å². The van der Waals surface area contributed by atoms with Gasteiger partial charge in [-0.15, -0.1) is 0 Å². The fourth-order valence-corrected chi connectivity index (χ4v) is 2.10. The summed E-state index contributed by atoms with van der Waals surface area (Å²) in [6, 6.07) is 9.15. The molecule has 2 aromatic carbocycles. The summed E-state index contributed by atoms with van der Waals surface area (Å²) in [7, 11) is 0. The van der Waals surface area contributed by atoms with Crippen molar-refractivity contribution in [3.8, 4) is 0 Å². The van der Waals surface area contributed by atoms with Gasteiger partial charge in [0.25, 0.3) is 0 Å². The lowest BCUT2D eigenvalue weighted by Gasteiger charge is -2.04. The number of benzene rings is 2. The van der Waals surface area contributed by atoms with E-state index in [1.54, 1.807) is 24.3 Å². The van der Waals surface area contributed by atoms with Gasteiger partial charge in [0.1, 0.15) is 5.82 Å². The zero-order valence-electron chi connectivity index (χ0n) is 9.08. The first kappa shape index (κ1) is 13.2. The molecule has 0 fully saturated rings. The predicted molar refractivity (Wildman–Crippen MR) is 76.1 cm³/mol. The van der Waals surface area contributed by atoms with Gasteiger partial charge >= 0.3 is 0 Å². The lowest BCUT2D eigenvalue weighted by atomic mass is 10.0. The van der Waals surface area contributed by atoms with Crippen LogP contribution in [0.25, 0.3) is 0 Å². The average molecular weight is 373 g/mol. The van der Waals surface area contributed by atoms with Gasteiger partial charge in [-0.3, -0.25) is 4.79 Å². The van der Waals surface area contributed by atoms with Crippen molar-refractivity contribution in [2.24, 2.45) is 0 Å². The molecule has 5 heteroatoms. The fraction of sp³-hybridized carbons (Fsp3) is 0. The molecule has 2 nitrogen and oxygen atoms in total. The molecule has 0 spiro atoms. The Kier molecular flexibility index (Phi) is 3.82. The molecular formula is C13H8Br2FNO. The van der Waals surface area contributed by atoms with E-state index in [2.05, 4.69) is 31.9 Å². The van der Waals surface area contributed by atoms with E-state index < -0.39 is 5.82 Å². The van der Waals surface area contributed by atoms with Crippen LogP contribution in [0.5, 0.6) is 0 Å². The second kappa shape index (κ2) is 5.20. The lowest BCUT2D eigenvalue weighted by Crippen LogP contribution is -2.02. The van der Waals surface area contributed by atoms with Crippen molar-refractivity contribution in [3.63, 3.8) is 0 Å². The molecule has 2 rings (SSSR count). The van der Waals surface area contributed by atoms with E-state index in [-0.39, 0.29) is 5.78 Å². The van der Waals surface area contributed by atoms with E-state index in [1.165, 1.54) is 12.1 Å². The molecule has 0 saturated carbocycles. The zero-order chi connectivity index (χ0) is 13.3. The summed E-state index contributed by atoms with van der Waals surface area (Å²) in [5, 5.41) is 0. The predicted octanol–water partition coefficient (Wildman–Crippen LogP) is 4.16. The fourth-order valence-electron chi connectivity index (χ4n) is 1.47. The lowest BCUT2D eigenvalue weighted by molar-refractivity contribution is 0.103. The smallest absolute Gasteiger partial charge is 0.193 e. The second-order valence-corrected chi connectivity index (χ2v) is 5.40. The Hall–Kier alpha value is -1.20. The molecule has 0 radical (unpaired) electrons. The number of hydrogen-bond acceptors (Lipinski definition) is 2. The number of anilines is 1. The van der Waals surface area contributed by atoms with Crippen molar-refractivity contribution in [1.29, 1.82) is 0 Å². The van der Waals surface area contributed by atoms with Gasteiger partial charge in [0, 0.05) is 21.3 Å². The van der Waals surface area contributed by atoms with Gasteiger partial charge < -0.3 is 5.73 Å². The molecule has 0 amide bonds. The van der Waals surface area contributed by atoms with Crippen LogP contribution in [0, 0.1) is 5.82 Å². The highest BCUT2D eigenvalue weighted by molar-refractivity contribution is 9.10. The summed E-state index contributed by atoms with van der Waals surface area (Å²) < 4.78 is 14.3. The van der Waals surface area contributed by atoms with Crippen LogP contribution in [0.3, 0.4) is 0 Å². The number of carbonyl (C=O) groups excluding carboxylic acids is 1. The van der Waals surface area contributed by atoms with E-state index in [0.29, 0.717) is 25.8 Å². The number of hydrogen-bond donors (Lipinski definition) is 1. The minimum absolute atomic E-state index is 0.248. The molecule has 0 aliphatic rings. The maximum atomic E-state index is 13.4. The largest absolute Gasteiger partial charge is 0.398 e. The standard InChI is InChI=1S/C13H8Br2FNO/c14-9-3-1-8(6-11(9)16)13(18)7-2-4-12(17)10(15)5-7/h1-6H,17H2. The van der Waals surface area contributed by atoms with E-state index in [1.807, 2.05) is 0 Å². The molecule has 2 aromatic rings. The van der Waals surface area contributed by atoms with Crippen molar-refractivity contribution in [2.75, 3.05) is 5.73 Å². The van der Waals surface area contributed by atoms with Crippen molar-refractivity contribution in [3.05, 3.63) is 62.3 Å². The van der Waals surface area contributed by atoms with Gasteiger partial charge in [-0.05, 0) is 68.3 Å². The highest BCUT2D eigenvalue weighted by Gasteiger charge is 2.12. The molecule has 2 N–H and O–H groups in total. The van der Waals surface area contributed by atoms with Crippen LogP contribution in [0.2, 0.25) is 0 Å².